The highest BCUT2D eigenvalue weighted by Crippen LogP contribution is 2.29. The summed E-state index contributed by atoms with van der Waals surface area (Å²) in [6.45, 7) is 3.24. The third-order valence-electron chi connectivity index (χ3n) is 2.49. The van der Waals surface area contributed by atoms with Gasteiger partial charge in [0.05, 0.1) is 6.61 Å². The lowest BCUT2D eigenvalue weighted by atomic mass is 10.0. The van der Waals surface area contributed by atoms with Crippen molar-refractivity contribution in [2.75, 3.05) is 33.4 Å². The first-order valence-electron chi connectivity index (χ1n) is 4.44. The van der Waals surface area contributed by atoms with Gasteiger partial charge in [-0.05, 0) is 7.05 Å². The van der Waals surface area contributed by atoms with Crippen LogP contribution in [0, 0.1) is 0 Å². The second-order valence-corrected chi connectivity index (χ2v) is 3.47. The van der Waals surface area contributed by atoms with Gasteiger partial charge in [-0.25, -0.2) is 9.78 Å². The van der Waals surface area contributed by atoms with Crippen LogP contribution in [0.2, 0.25) is 0 Å². The van der Waals surface area contributed by atoms with Crippen LogP contribution in [0.3, 0.4) is 0 Å². The summed E-state index contributed by atoms with van der Waals surface area (Å²) in [4.78, 5) is 12.4. The number of hydrogen-bond acceptors (Lipinski definition) is 4. The van der Waals surface area contributed by atoms with Gasteiger partial charge in [0.2, 0.25) is 5.79 Å². The van der Waals surface area contributed by atoms with Crippen LogP contribution in [0.25, 0.3) is 0 Å². The molecule has 0 atom stereocenters. The Kier molecular flexibility index (Phi) is 2.32. The van der Waals surface area contributed by atoms with Gasteiger partial charge in [0.25, 0.3) is 0 Å². The van der Waals surface area contributed by atoms with Crippen LogP contribution >= 0.6 is 0 Å². The minimum Gasteiger partial charge on any atom is -0.345 e. The van der Waals surface area contributed by atoms with Gasteiger partial charge >= 0.3 is 0 Å². The van der Waals surface area contributed by atoms with E-state index in [2.05, 4.69) is 11.9 Å². The summed E-state index contributed by atoms with van der Waals surface area (Å²) < 4.78 is 5.58. The lowest BCUT2D eigenvalue weighted by molar-refractivity contribution is -0.471. The molecule has 0 aromatic carbocycles. The van der Waals surface area contributed by atoms with E-state index in [9.17, 15) is 0 Å². The zero-order valence-corrected chi connectivity index (χ0v) is 7.41. The van der Waals surface area contributed by atoms with E-state index in [0.717, 1.165) is 25.9 Å². The Labute approximate surface area is 72.3 Å². The molecule has 70 valence electrons. The van der Waals surface area contributed by atoms with Gasteiger partial charge in [-0.15, -0.1) is 0 Å². The molecule has 0 amide bonds. The molecular weight excluding hydrogens is 158 g/mol. The molecule has 0 radical (unpaired) electrons. The number of hydrogen-bond donors (Lipinski definition) is 0. The van der Waals surface area contributed by atoms with E-state index >= 15 is 0 Å². The maximum atomic E-state index is 5.58. The first-order chi connectivity index (χ1) is 5.81. The standard InChI is InChI=1S/C8H15NO3/c1-9-4-2-8(3-5-9)10-6-7-11-12-8/h2-7H2,1H3. The molecule has 0 bridgehead atoms. The van der Waals surface area contributed by atoms with Crippen LogP contribution < -0.4 is 0 Å². The topological polar surface area (TPSA) is 30.9 Å². The van der Waals surface area contributed by atoms with Crippen molar-refractivity contribution < 1.29 is 14.5 Å². The van der Waals surface area contributed by atoms with Gasteiger partial charge in [-0.2, -0.15) is 0 Å². The number of piperidine rings is 1. The molecule has 2 saturated heterocycles. The molecule has 1 spiro atoms. The number of ether oxygens (including phenoxy) is 1. The lowest BCUT2D eigenvalue weighted by Crippen LogP contribution is -2.49. The monoisotopic (exact) mass is 173 g/mol. The molecule has 0 aromatic rings. The van der Waals surface area contributed by atoms with Crippen LogP contribution in [0.4, 0.5) is 0 Å². The fourth-order valence-electron chi connectivity index (χ4n) is 1.62. The van der Waals surface area contributed by atoms with E-state index in [1.165, 1.54) is 0 Å². The van der Waals surface area contributed by atoms with Crippen molar-refractivity contribution in [3.63, 3.8) is 0 Å². The maximum Gasteiger partial charge on any atom is 0.204 e. The van der Waals surface area contributed by atoms with Gasteiger partial charge in [0.15, 0.2) is 0 Å². The molecule has 2 rings (SSSR count). The summed E-state index contributed by atoms with van der Waals surface area (Å²) in [5, 5.41) is 0. The molecule has 2 heterocycles. The number of rotatable bonds is 0. The van der Waals surface area contributed by atoms with Gasteiger partial charge in [0.1, 0.15) is 6.61 Å². The van der Waals surface area contributed by atoms with E-state index in [0.29, 0.717) is 13.2 Å². The van der Waals surface area contributed by atoms with Crippen molar-refractivity contribution in [2.24, 2.45) is 0 Å². The summed E-state index contributed by atoms with van der Waals surface area (Å²) >= 11 is 0. The highest BCUT2D eigenvalue weighted by molar-refractivity contribution is 4.78. The maximum absolute atomic E-state index is 5.58. The molecule has 0 saturated carbocycles. The first-order valence-corrected chi connectivity index (χ1v) is 4.44. The smallest absolute Gasteiger partial charge is 0.204 e. The highest BCUT2D eigenvalue weighted by atomic mass is 17.2. The van der Waals surface area contributed by atoms with Crippen LogP contribution in [-0.4, -0.2) is 44.0 Å². The fraction of sp³-hybridized carbons (Fsp3) is 1.00. The Bertz CT molecular complexity index is 146. The number of likely N-dealkylation sites (tertiary alicyclic amines) is 1. The first kappa shape index (κ1) is 8.44. The van der Waals surface area contributed by atoms with E-state index in [1.54, 1.807) is 0 Å². The second kappa shape index (κ2) is 3.30. The van der Waals surface area contributed by atoms with Crippen molar-refractivity contribution in [1.29, 1.82) is 0 Å². The summed E-state index contributed by atoms with van der Waals surface area (Å²) in [5.41, 5.74) is 0. The minimum atomic E-state index is -0.426. The Morgan fingerprint density at radius 1 is 1.17 bits per heavy atom. The quantitative estimate of drug-likeness (QED) is 0.496. The molecule has 2 aliphatic rings. The van der Waals surface area contributed by atoms with Gasteiger partial charge < -0.3 is 9.64 Å². The highest BCUT2D eigenvalue weighted by Gasteiger charge is 2.39. The van der Waals surface area contributed by atoms with Crippen molar-refractivity contribution >= 4 is 0 Å². The van der Waals surface area contributed by atoms with E-state index < -0.39 is 5.79 Å². The van der Waals surface area contributed by atoms with Crippen LogP contribution in [0.1, 0.15) is 12.8 Å². The molecule has 4 nitrogen and oxygen atoms in total. The molecule has 0 N–H and O–H groups in total. The van der Waals surface area contributed by atoms with Gasteiger partial charge in [-0.1, -0.05) is 0 Å². The predicted octanol–water partition coefficient (Wildman–Crippen LogP) is 0.387. The van der Waals surface area contributed by atoms with Crippen molar-refractivity contribution in [3.05, 3.63) is 0 Å². The summed E-state index contributed by atoms with van der Waals surface area (Å²) in [5.74, 6) is -0.426. The summed E-state index contributed by atoms with van der Waals surface area (Å²) in [7, 11) is 2.11. The Morgan fingerprint density at radius 2 is 1.92 bits per heavy atom. The molecule has 0 aromatic heterocycles. The zero-order chi connectivity index (χ0) is 8.44. The van der Waals surface area contributed by atoms with Crippen molar-refractivity contribution in [1.82, 2.24) is 4.90 Å². The zero-order valence-electron chi connectivity index (χ0n) is 7.41. The van der Waals surface area contributed by atoms with Crippen LogP contribution in [0.15, 0.2) is 0 Å². The largest absolute Gasteiger partial charge is 0.345 e. The van der Waals surface area contributed by atoms with Gasteiger partial charge in [0, 0.05) is 25.9 Å². The molecule has 2 aliphatic heterocycles. The Balaban J connectivity index is 1.92. The molecular formula is C8H15NO3. The number of nitrogens with zero attached hydrogens (tertiary/aromatic N) is 1. The van der Waals surface area contributed by atoms with Crippen LogP contribution in [0.5, 0.6) is 0 Å². The SMILES string of the molecule is CN1CCC2(CC1)OCCOO2. The van der Waals surface area contributed by atoms with Crippen molar-refractivity contribution in [3.8, 4) is 0 Å². The molecule has 4 heteroatoms. The van der Waals surface area contributed by atoms with Gasteiger partial charge in [-0.3, -0.25) is 0 Å². The minimum absolute atomic E-state index is 0.426. The Hall–Kier alpha value is -0.160. The van der Waals surface area contributed by atoms with E-state index in [1.807, 2.05) is 0 Å². The lowest BCUT2D eigenvalue weighted by Gasteiger charge is -2.40. The Morgan fingerprint density at radius 3 is 2.50 bits per heavy atom. The van der Waals surface area contributed by atoms with Crippen LogP contribution in [-0.2, 0) is 14.5 Å². The normalized spacial score (nSPS) is 30.8. The van der Waals surface area contributed by atoms with Crippen molar-refractivity contribution in [2.45, 2.75) is 18.6 Å². The average Bonchev–Trinajstić information content (AvgIpc) is 2.13. The van der Waals surface area contributed by atoms with E-state index in [-0.39, 0.29) is 0 Å². The third-order valence-corrected chi connectivity index (χ3v) is 2.49. The molecule has 0 aliphatic carbocycles. The molecule has 0 unspecified atom stereocenters. The molecule has 12 heavy (non-hydrogen) atoms. The summed E-state index contributed by atoms with van der Waals surface area (Å²) in [6, 6.07) is 0. The van der Waals surface area contributed by atoms with E-state index in [4.69, 9.17) is 14.5 Å². The summed E-state index contributed by atoms with van der Waals surface area (Å²) in [6.07, 6.45) is 1.81. The third kappa shape index (κ3) is 1.61. The average molecular weight is 173 g/mol. The predicted molar refractivity (Wildman–Crippen MR) is 42.5 cm³/mol. The second-order valence-electron chi connectivity index (χ2n) is 3.47. The fourth-order valence-corrected chi connectivity index (χ4v) is 1.62. The molecule has 2 fully saturated rings.